The van der Waals surface area contributed by atoms with E-state index in [1.807, 2.05) is 0 Å². The van der Waals surface area contributed by atoms with Crippen molar-refractivity contribution in [2.45, 2.75) is 18.4 Å². The van der Waals surface area contributed by atoms with Crippen molar-refractivity contribution < 1.29 is 22.7 Å². The number of hydrogen-bond donors (Lipinski definition) is 2. The second-order valence-electron chi connectivity index (χ2n) is 5.08. The molecule has 8 heteroatoms. The zero-order chi connectivity index (χ0) is 17.4. The molecule has 0 spiro atoms. The fourth-order valence-corrected chi connectivity index (χ4v) is 2.74. The van der Waals surface area contributed by atoms with Gasteiger partial charge in [0.2, 0.25) is 0 Å². The summed E-state index contributed by atoms with van der Waals surface area (Å²) in [6.45, 7) is 0.388. The first kappa shape index (κ1) is 17.8. The number of aromatic nitrogens is 1. The molecule has 1 heterocycles. The molecule has 0 saturated carbocycles. The van der Waals surface area contributed by atoms with Crippen LogP contribution >= 0.6 is 15.9 Å². The smallest absolute Gasteiger partial charge is 0.323 e. The van der Waals surface area contributed by atoms with Gasteiger partial charge in [-0.2, -0.15) is 8.78 Å². The molecule has 1 atom stereocenters. The molecule has 0 aliphatic rings. The third-order valence-electron chi connectivity index (χ3n) is 3.53. The summed E-state index contributed by atoms with van der Waals surface area (Å²) in [7, 11) is 0. The van der Waals surface area contributed by atoms with E-state index in [4.69, 9.17) is 5.73 Å². The lowest BCUT2D eigenvalue weighted by Gasteiger charge is -2.35. The first-order chi connectivity index (χ1) is 10.6. The van der Waals surface area contributed by atoms with Gasteiger partial charge < -0.3 is 10.8 Å². The van der Waals surface area contributed by atoms with Crippen LogP contribution in [0.15, 0.2) is 34.9 Å². The second-order valence-corrected chi connectivity index (χ2v) is 6.00. The number of aryl methyl sites for hydroxylation is 1. The van der Waals surface area contributed by atoms with Gasteiger partial charge in [0.1, 0.15) is 17.3 Å². The summed E-state index contributed by atoms with van der Waals surface area (Å²) in [5.41, 5.74) is 0.797. The molecule has 3 nitrogen and oxygen atoms in total. The molecule has 23 heavy (non-hydrogen) atoms. The van der Waals surface area contributed by atoms with E-state index in [1.165, 1.54) is 13.0 Å². The van der Waals surface area contributed by atoms with Crippen molar-refractivity contribution in [3.8, 4) is 0 Å². The predicted octanol–water partition coefficient (Wildman–Crippen LogP) is 3.37. The molecule has 0 aliphatic heterocycles. The van der Waals surface area contributed by atoms with Crippen LogP contribution < -0.4 is 5.73 Å². The predicted molar refractivity (Wildman–Crippen MR) is 79.9 cm³/mol. The maximum absolute atomic E-state index is 14.9. The van der Waals surface area contributed by atoms with Crippen molar-refractivity contribution in [2.24, 2.45) is 5.73 Å². The van der Waals surface area contributed by atoms with E-state index in [2.05, 4.69) is 20.9 Å². The fourth-order valence-electron chi connectivity index (χ4n) is 2.30. The van der Waals surface area contributed by atoms with Gasteiger partial charge in [-0.15, -0.1) is 0 Å². The van der Waals surface area contributed by atoms with Crippen LogP contribution in [0.1, 0.15) is 16.8 Å². The van der Waals surface area contributed by atoms with Crippen molar-refractivity contribution in [2.75, 3.05) is 6.54 Å². The van der Waals surface area contributed by atoms with E-state index in [1.54, 1.807) is 0 Å². The highest BCUT2D eigenvalue weighted by molar-refractivity contribution is 9.10. The summed E-state index contributed by atoms with van der Waals surface area (Å²) in [5.74, 6) is -6.26. The summed E-state index contributed by atoms with van der Waals surface area (Å²) in [6.07, 6.45) is 1.13. The third kappa shape index (κ3) is 2.98. The van der Waals surface area contributed by atoms with Gasteiger partial charge in [0.05, 0.1) is 0 Å². The Morgan fingerprint density at radius 2 is 1.91 bits per heavy atom. The van der Waals surface area contributed by atoms with Gasteiger partial charge in [-0.1, -0.05) is 6.07 Å². The Labute approximate surface area is 138 Å². The number of rotatable bonds is 4. The van der Waals surface area contributed by atoms with Crippen molar-refractivity contribution in [3.63, 3.8) is 0 Å². The van der Waals surface area contributed by atoms with E-state index < -0.39 is 41.0 Å². The van der Waals surface area contributed by atoms with Gasteiger partial charge in [-0.05, 0) is 40.5 Å². The summed E-state index contributed by atoms with van der Waals surface area (Å²) < 4.78 is 57.2. The van der Waals surface area contributed by atoms with Crippen LogP contribution in [0.25, 0.3) is 0 Å². The summed E-state index contributed by atoms with van der Waals surface area (Å²) >= 11 is 3.10. The Hall–Kier alpha value is -1.51. The topological polar surface area (TPSA) is 59.1 Å². The minimum atomic E-state index is -3.99. The van der Waals surface area contributed by atoms with Gasteiger partial charge in [-0.25, -0.2) is 8.78 Å². The molecule has 0 radical (unpaired) electrons. The highest BCUT2D eigenvalue weighted by Crippen LogP contribution is 2.46. The maximum Gasteiger partial charge on any atom is 0.323 e. The Kier molecular flexibility index (Phi) is 4.79. The normalized spacial score (nSPS) is 14.6. The minimum absolute atomic E-state index is 0.0822. The lowest BCUT2D eigenvalue weighted by atomic mass is 9.84. The van der Waals surface area contributed by atoms with Crippen LogP contribution in [0.4, 0.5) is 17.6 Å². The summed E-state index contributed by atoms with van der Waals surface area (Å²) in [6, 6.07) is 3.32. The average molecular weight is 393 g/mol. The van der Waals surface area contributed by atoms with E-state index in [0.29, 0.717) is 10.5 Å². The minimum Gasteiger partial charge on any atom is -0.377 e. The van der Waals surface area contributed by atoms with Crippen LogP contribution in [-0.4, -0.2) is 16.6 Å². The highest BCUT2D eigenvalue weighted by atomic mass is 79.9. The highest BCUT2D eigenvalue weighted by Gasteiger charge is 2.57. The van der Waals surface area contributed by atoms with E-state index in [9.17, 15) is 22.7 Å². The first-order valence-electron chi connectivity index (χ1n) is 6.52. The second kappa shape index (κ2) is 6.18. The average Bonchev–Trinajstić information content (AvgIpc) is 2.45. The molecule has 0 bridgehead atoms. The van der Waals surface area contributed by atoms with Crippen LogP contribution in [-0.2, 0) is 11.5 Å². The molecule has 1 aromatic carbocycles. The lowest BCUT2D eigenvalue weighted by Crippen LogP contribution is -2.50. The maximum atomic E-state index is 14.9. The molecule has 0 fully saturated rings. The number of aliphatic hydroxyl groups is 1. The lowest BCUT2D eigenvalue weighted by molar-refractivity contribution is -0.193. The van der Waals surface area contributed by atoms with Crippen molar-refractivity contribution >= 4 is 15.9 Å². The molecule has 124 valence electrons. The first-order valence-corrected chi connectivity index (χ1v) is 7.31. The molecule has 0 unspecified atom stereocenters. The number of hydrogen-bond acceptors (Lipinski definition) is 3. The zero-order valence-corrected chi connectivity index (χ0v) is 13.5. The number of benzene rings is 1. The molecule has 0 aliphatic carbocycles. The van der Waals surface area contributed by atoms with Crippen LogP contribution in [0.3, 0.4) is 0 Å². The van der Waals surface area contributed by atoms with Crippen LogP contribution in [0.5, 0.6) is 0 Å². The fraction of sp³-hybridized carbons (Fsp3) is 0.267. The number of alkyl halides is 2. The quantitative estimate of drug-likeness (QED) is 0.784. The molecule has 3 N–H and O–H groups in total. The molecule has 2 rings (SSSR count). The van der Waals surface area contributed by atoms with E-state index in [0.717, 1.165) is 18.3 Å². The molecular weight excluding hydrogens is 380 g/mol. The Bertz CT molecular complexity index is 741. The van der Waals surface area contributed by atoms with Gasteiger partial charge in [0, 0.05) is 28.8 Å². The monoisotopic (exact) mass is 392 g/mol. The number of nitrogens with two attached hydrogens (primary N) is 1. The summed E-state index contributed by atoms with van der Waals surface area (Å²) in [4.78, 5) is 3.63. The van der Waals surface area contributed by atoms with Crippen LogP contribution in [0, 0.1) is 18.6 Å². The molecule has 1 aromatic heterocycles. The standard InChI is InChI=1S/C15H13BrF4N2O/c1-8-4-9(16)6-22-13(8)15(19,20)14(23,7-21)11-3-2-10(17)5-12(11)18/h2-6,23H,7,21H2,1H3/t14-/m0/s1. The van der Waals surface area contributed by atoms with E-state index in [-0.39, 0.29) is 5.56 Å². The SMILES string of the molecule is Cc1cc(Br)cnc1C(F)(F)[C@](O)(CN)c1ccc(F)cc1F. The Morgan fingerprint density at radius 3 is 2.43 bits per heavy atom. The number of halogens is 5. The van der Waals surface area contributed by atoms with Crippen molar-refractivity contribution in [1.29, 1.82) is 0 Å². The molecule has 2 aromatic rings. The molecule has 0 saturated heterocycles. The van der Waals surface area contributed by atoms with E-state index >= 15 is 0 Å². The largest absolute Gasteiger partial charge is 0.377 e. The molecular formula is C15H13BrF4N2O. The number of pyridine rings is 1. The van der Waals surface area contributed by atoms with Crippen molar-refractivity contribution in [3.05, 3.63) is 63.4 Å². The van der Waals surface area contributed by atoms with Gasteiger partial charge in [0.25, 0.3) is 0 Å². The van der Waals surface area contributed by atoms with Crippen LogP contribution in [0.2, 0.25) is 0 Å². The van der Waals surface area contributed by atoms with Gasteiger partial charge in [0.15, 0.2) is 5.60 Å². The third-order valence-corrected chi connectivity index (χ3v) is 3.97. The Morgan fingerprint density at radius 1 is 1.26 bits per heavy atom. The molecule has 0 amide bonds. The summed E-state index contributed by atoms with van der Waals surface area (Å²) in [5, 5.41) is 10.4. The Balaban J connectivity index is 2.65. The van der Waals surface area contributed by atoms with Gasteiger partial charge in [-0.3, -0.25) is 4.98 Å². The zero-order valence-electron chi connectivity index (χ0n) is 12.0. The van der Waals surface area contributed by atoms with Crippen molar-refractivity contribution in [1.82, 2.24) is 4.98 Å². The van der Waals surface area contributed by atoms with Gasteiger partial charge >= 0.3 is 5.92 Å². The number of nitrogens with zero attached hydrogens (tertiary/aromatic N) is 1.